The Hall–Kier alpha value is -1.55. The first kappa shape index (κ1) is 16.5. The quantitative estimate of drug-likeness (QED) is 0.552. The Labute approximate surface area is 132 Å². The Morgan fingerprint density at radius 3 is 2.45 bits per heavy atom. The van der Waals surface area contributed by atoms with Crippen LogP contribution in [0, 0.1) is 3.57 Å². The van der Waals surface area contributed by atoms with Crippen molar-refractivity contribution >= 4 is 57.8 Å². The molecule has 0 aliphatic carbocycles. The van der Waals surface area contributed by atoms with E-state index in [2.05, 4.69) is 10.6 Å². The minimum Gasteiger partial charge on any atom is -0.481 e. The minimum absolute atomic E-state index is 0.437. The Kier molecular flexibility index (Phi) is 6.02. The number of carboxylic acid groups (broad SMARTS) is 2. The molecule has 0 saturated heterocycles. The topological polar surface area (TPSA) is 116 Å². The van der Waals surface area contributed by atoms with E-state index >= 15 is 0 Å². The highest BCUT2D eigenvalue weighted by Crippen LogP contribution is 2.22. The van der Waals surface area contributed by atoms with Gasteiger partial charge in [0.25, 0.3) is 0 Å². The van der Waals surface area contributed by atoms with Crippen LogP contribution in [0.4, 0.5) is 10.5 Å². The zero-order valence-electron chi connectivity index (χ0n) is 9.89. The third-order valence-electron chi connectivity index (χ3n) is 2.16. The molecule has 0 spiro atoms. The van der Waals surface area contributed by atoms with Crippen LogP contribution in [0.15, 0.2) is 18.2 Å². The first-order chi connectivity index (χ1) is 9.29. The second kappa shape index (κ2) is 7.29. The van der Waals surface area contributed by atoms with E-state index in [0.29, 0.717) is 14.3 Å². The average Bonchev–Trinajstić information content (AvgIpc) is 2.31. The van der Waals surface area contributed by atoms with Crippen LogP contribution in [0.1, 0.15) is 6.42 Å². The first-order valence-corrected chi connectivity index (χ1v) is 6.72. The van der Waals surface area contributed by atoms with Gasteiger partial charge in [0.05, 0.1) is 12.1 Å². The lowest BCUT2D eigenvalue weighted by Crippen LogP contribution is -2.44. The Morgan fingerprint density at radius 1 is 1.30 bits per heavy atom. The van der Waals surface area contributed by atoms with Crippen LogP contribution in [-0.2, 0) is 9.59 Å². The number of carbonyl (C=O) groups is 3. The lowest BCUT2D eigenvalue weighted by Gasteiger charge is -2.14. The van der Waals surface area contributed by atoms with Crippen LogP contribution in [0.5, 0.6) is 0 Å². The van der Waals surface area contributed by atoms with E-state index in [9.17, 15) is 14.4 Å². The number of nitrogens with one attached hydrogen (secondary N) is 2. The Bertz CT molecular complexity index is 552. The molecule has 0 saturated carbocycles. The number of rotatable bonds is 5. The molecular weight excluding hydrogens is 402 g/mol. The summed E-state index contributed by atoms with van der Waals surface area (Å²) >= 11 is 7.71. The van der Waals surface area contributed by atoms with Crippen molar-refractivity contribution < 1.29 is 24.6 Å². The van der Waals surface area contributed by atoms with Gasteiger partial charge in [0.15, 0.2) is 0 Å². The van der Waals surface area contributed by atoms with Gasteiger partial charge in [-0.25, -0.2) is 9.59 Å². The third kappa shape index (κ3) is 5.21. The van der Waals surface area contributed by atoms with Gasteiger partial charge in [0, 0.05) is 8.59 Å². The fraction of sp³-hybridized carbons (Fsp3) is 0.182. The number of carbonyl (C=O) groups excluding carboxylic acids is 1. The van der Waals surface area contributed by atoms with E-state index in [1.54, 1.807) is 18.2 Å². The minimum atomic E-state index is -1.50. The zero-order valence-corrected chi connectivity index (χ0v) is 12.8. The fourth-order valence-electron chi connectivity index (χ4n) is 1.28. The molecule has 0 unspecified atom stereocenters. The summed E-state index contributed by atoms with van der Waals surface area (Å²) in [5, 5.41) is 22.4. The second-order valence-electron chi connectivity index (χ2n) is 3.71. The number of urea groups is 1. The predicted molar refractivity (Wildman–Crippen MR) is 80.0 cm³/mol. The number of amides is 2. The summed E-state index contributed by atoms with van der Waals surface area (Å²) in [5.41, 5.74) is 0.437. The van der Waals surface area contributed by atoms with Gasteiger partial charge in [-0.05, 0) is 40.8 Å². The molecule has 1 atom stereocenters. The molecule has 0 heterocycles. The van der Waals surface area contributed by atoms with E-state index in [4.69, 9.17) is 21.8 Å². The first-order valence-electron chi connectivity index (χ1n) is 5.26. The number of hydrogen-bond donors (Lipinski definition) is 4. The van der Waals surface area contributed by atoms with Gasteiger partial charge in [0.2, 0.25) is 0 Å². The van der Waals surface area contributed by atoms with Crippen molar-refractivity contribution in [2.75, 3.05) is 5.32 Å². The smallest absolute Gasteiger partial charge is 0.326 e. The molecular formula is C11H10ClIN2O5. The third-order valence-corrected chi connectivity index (χ3v) is 3.29. The van der Waals surface area contributed by atoms with E-state index < -0.39 is 30.4 Å². The highest BCUT2D eigenvalue weighted by Gasteiger charge is 2.23. The van der Waals surface area contributed by atoms with Gasteiger partial charge < -0.3 is 20.8 Å². The maximum Gasteiger partial charge on any atom is 0.326 e. The summed E-state index contributed by atoms with van der Waals surface area (Å²) < 4.78 is 0.662. The van der Waals surface area contributed by atoms with E-state index in [1.165, 1.54) is 0 Å². The Morgan fingerprint density at radius 2 is 1.95 bits per heavy atom. The van der Waals surface area contributed by atoms with Gasteiger partial charge in [-0.1, -0.05) is 11.6 Å². The second-order valence-corrected chi connectivity index (χ2v) is 5.31. The van der Waals surface area contributed by atoms with Crippen molar-refractivity contribution in [3.63, 3.8) is 0 Å². The molecule has 0 bridgehead atoms. The summed E-state index contributed by atoms with van der Waals surface area (Å²) in [5.74, 6) is -2.74. The molecule has 108 valence electrons. The van der Waals surface area contributed by atoms with Gasteiger partial charge in [-0.3, -0.25) is 4.79 Å². The van der Waals surface area contributed by atoms with Gasteiger partial charge in [0.1, 0.15) is 6.04 Å². The molecule has 2 amide bonds. The normalized spacial score (nSPS) is 11.5. The standard InChI is InChI=1S/C11H10ClIN2O5/c12-5-1-2-7(6(13)3-5)14-11(20)15-8(10(18)19)4-9(16)17/h1-3,8H,4H2,(H,16,17)(H,18,19)(H2,14,15,20)/t8-/m0/s1. The molecule has 1 rings (SSSR count). The number of benzene rings is 1. The predicted octanol–water partition coefficient (Wildman–Crippen LogP) is 1.99. The van der Waals surface area contributed by atoms with Crippen molar-refractivity contribution in [3.05, 3.63) is 26.8 Å². The van der Waals surface area contributed by atoms with Crippen LogP contribution >= 0.6 is 34.2 Å². The van der Waals surface area contributed by atoms with Crippen LogP contribution in [0.2, 0.25) is 5.02 Å². The molecule has 0 radical (unpaired) electrons. The van der Waals surface area contributed by atoms with Crippen molar-refractivity contribution in [1.82, 2.24) is 5.32 Å². The molecule has 1 aromatic rings. The number of aliphatic carboxylic acids is 2. The Balaban J connectivity index is 2.70. The van der Waals surface area contributed by atoms with Gasteiger partial charge in [-0.2, -0.15) is 0 Å². The lowest BCUT2D eigenvalue weighted by atomic mass is 10.2. The molecule has 4 N–H and O–H groups in total. The van der Waals surface area contributed by atoms with E-state index in [-0.39, 0.29) is 0 Å². The fourth-order valence-corrected chi connectivity index (χ4v) is 2.29. The molecule has 0 aliphatic heterocycles. The maximum absolute atomic E-state index is 11.6. The maximum atomic E-state index is 11.6. The lowest BCUT2D eigenvalue weighted by molar-refractivity contribution is -0.145. The summed E-state index contributed by atoms with van der Waals surface area (Å²) in [4.78, 5) is 32.9. The summed E-state index contributed by atoms with van der Waals surface area (Å²) in [6.45, 7) is 0. The molecule has 7 nitrogen and oxygen atoms in total. The SMILES string of the molecule is O=C(O)C[C@H](NC(=O)Nc1ccc(Cl)cc1I)C(=O)O. The molecule has 0 fully saturated rings. The van der Waals surface area contributed by atoms with Crippen molar-refractivity contribution in [2.45, 2.75) is 12.5 Å². The number of halogens is 2. The molecule has 20 heavy (non-hydrogen) atoms. The molecule has 0 aromatic heterocycles. The van der Waals surface area contributed by atoms with E-state index in [1.807, 2.05) is 22.6 Å². The number of carboxylic acids is 2. The largest absolute Gasteiger partial charge is 0.481 e. The summed E-state index contributed by atoms with van der Waals surface area (Å²) in [6, 6.07) is 2.42. The van der Waals surface area contributed by atoms with Crippen molar-refractivity contribution in [1.29, 1.82) is 0 Å². The zero-order chi connectivity index (χ0) is 15.3. The van der Waals surface area contributed by atoms with Crippen LogP contribution in [0.3, 0.4) is 0 Å². The molecule has 9 heteroatoms. The highest BCUT2D eigenvalue weighted by atomic mass is 127. The molecule has 0 aliphatic rings. The summed E-state index contributed by atoms with van der Waals surface area (Å²) in [7, 11) is 0. The van der Waals surface area contributed by atoms with Crippen molar-refractivity contribution in [2.24, 2.45) is 0 Å². The van der Waals surface area contributed by atoms with Gasteiger partial charge >= 0.3 is 18.0 Å². The highest BCUT2D eigenvalue weighted by molar-refractivity contribution is 14.1. The van der Waals surface area contributed by atoms with Crippen LogP contribution in [-0.4, -0.2) is 34.2 Å². The average molecular weight is 413 g/mol. The van der Waals surface area contributed by atoms with E-state index in [0.717, 1.165) is 0 Å². The van der Waals surface area contributed by atoms with Crippen molar-refractivity contribution in [3.8, 4) is 0 Å². The number of anilines is 1. The number of hydrogen-bond acceptors (Lipinski definition) is 3. The molecule has 1 aromatic carbocycles. The van der Waals surface area contributed by atoms with Crippen LogP contribution < -0.4 is 10.6 Å². The van der Waals surface area contributed by atoms with Gasteiger partial charge in [-0.15, -0.1) is 0 Å². The summed E-state index contributed by atoms with van der Waals surface area (Å²) in [6.07, 6.45) is -0.708. The van der Waals surface area contributed by atoms with Crippen LogP contribution in [0.25, 0.3) is 0 Å². The monoisotopic (exact) mass is 412 g/mol.